The molecular formula is C16H20BrN3O. The molecule has 1 aromatic heterocycles. The van der Waals surface area contributed by atoms with Gasteiger partial charge in [0.25, 0.3) is 0 Å². The summed E-state index contributed by atoms with van der Waals surface area (Å²) in [6, 6.07) is 6.65. The summed E-state index contributed by atoms with van der Waals surface area (Å²) in [5, 5.41) is 7.84. The van der Waals surface area contributed by atoms with Gasteiger partial charge in [0.05, 0.1) is 18.3 Å². The molecule has 0 fully saturated rings. The number of fused-ring (bicyclic) bond motifs is 1. The highest BCUT2D eigenvalue weighted by Gasteiger charge is 2.22. The van der Waals surface area contributed by atoms with Crippen LogP contribution in [0.3, 0.4) is 0 Å². The number of likely N-dealkylation sites (N-methyl/N-ethyl adjacent to an activating group) is 1. The van der Waals surface area contributed by atoms with Crippen LogP contribution in [-0.2, 0) is 19.9 Å². The Morgan fingerprint density at radius 3 is 3.05 bits per heavy atom. The molecule has 5 heteroatoms. The summed E-state index contributed by atoms with van der Waals surface area (Å²) in [4.78, 5) is 0. The van der Waals surface area contributed by atoms with Crippen molar-refractivity contribution in [3.63, 3.8) is 0 Å². The number of hydrogen-bond donors (Lipinski definition) is 1. The molecule has 3 rings (SSSR count). The van der Waals surface area contributed by atoms with Gasteiger partial charge in [0.1, 0.15) is 5.75 Å². The van der Waals surface area contributed by atoms with E-state index in [2.05, 4.69) is 51.5 Å². The van der Waals surface area contributed by atoms with E-state index < -0.39 is 0 Å². The summed E-state index contributed by atoms with van der Waals surface area (Å²) in [7, 11) is 1.99. The fourth-order valence-electron chi connectivity index (χ4n) is 2.97. The van der Waals surface area contributed by atoms with Gasteiger partial charge in [-0.15, -0.1) is 0 Å². The highest BCUT2D eigenvalue weighted by Crippen LogP contribution is 2.35. The van der Waals surface area contributed by atoms with E-state index in [9.17, 15) is 0 Å². The molecule has 2 heterocycles. The molecular weight excluding hydrogens is 330 g/mol. The molecule has 0 bridgehead atoms. The van der Waals surface area contributed by atoms with Crippen LogP contribution in [0.15, 0.2) is 28.9 Å². The maximum atomic E-state index is 5.84. The average Bonchev–Trinajstić information content (AvgIpc) is 3.06. The zero-order chi connectivity index (χ0) is 14.8. The molecule has 1 aliphatic rings. The van der Waals surface area contributed by atoms with Gasteiger partial charge >= 0.3 is 0 Å². The van der Waals surface area contributed by atoms with Crippen LogP contribution >= 0.6 is 15.9 Å². The van der Waals surface area contributed by atoms with Crippen LogP contribution in [0.5, 0.6) is 5.75 Å². The number of aromatic nitrogens is 2. The minimum absolute atomic E-state index is 0.241. The van der Waals surface area contributed by atoms with Crippen LogP contribution in [0.1, 0.15) is 29.8 Å². The average molecular weight is 350 g/mol. The minimum Gasteiger partial charge on any atom is -0.493 e. The predicted octanol–water partition coefficient (Wildman–Crippen LogP) is 3.01. The molecule has 1 atom stereocenters. The molecule has 1 N–H and O–H groups in total. The van der Waals surface area contributed by atoms with E-state index in [1.807, 2.05) is 17.9 Å². The Morgan fingerprint density at radius 1 is 1.48 bits per heavy atom. The van der Waals surface area contributed by atoms with Crippen LogP contribution < -0.4 is 10.1 Å². The van der Waals surface area contributed by atoms with Gasteiger partial charge in [-0.05, 0) is 42.3 Å². The molecule has 0 amide bonds. The molecule has 2 aromatic rings. The van der Waals surface area contributed by atoms with E-state index in [4.69, 9.17) is 4.74 Å². The third kappa shape index (κ3) is 2.99. The van der Waals surface area contributed by atoms with Gasteiger partial charge in [-0.1, -0.05) is 22.9 Å². The lowest BCUT2D eigenvalue weighted by atomic mass is 9.99. The number of rotatable bonds is 5. The van der Waals surface area contributed by atoms with Crippen molar-refractivity contribution < 1.29 is 4.74 Å². The summed E-state index contributed by atoms with van der Waals surface area (Å²) in [6.07, 6.45) is 3.75. The zero-order valence-corrected chi connectivity index (χ0v) is 14.0. The highest BCUT2D eigenvalue weighted by molar-refractivity contribution is 9.10. The molecule has 0 saturated heterocycles. The Morgan fingerprint density at radius 2 is 2.33 bits per heavy atom. The molecule has 1 aromatic carbocycles. The molecule has 0 aliphatic carbocycles. The number of aryl methyl sites for hydroxylation is 1. The number of benzene rings is 1. The lowest BCUT2D eigenvalue weighted by Gasteiger charge is -2.20. The van der Waals surface area contributed by atoms with E-state index in [1.165, 1.54) is 16.8 Å². The first-order valence-electron chi connectivity index (χ1n) is 7.34. The third-order valence-electron chi connectivity index (χ3n) is 3.92. The van der Waals surface area contributed by atoms with Gasteiger partial charge in [0, 0.05) is 24.1 Å². The monoisotopic (exact) mass is 349 g/mol. The van der Waals surface area contributed by atoms with Crippen LogP contribution in [0, 0.1) is 0 Å². The van der Waals surface area contributed by atoms with Crippen molar-refractivity contribution in [2.75, 3.05) is 13.2 Å². The second kappa shape index (κ2) is 6.20. The molecule has 1 aliphatic heterocycles. The van der Waals surface area contributed by atoms with E-state index in [1.54, 1.807) is 0 Å². The van der Waals surface area contributed by atoms with Crippen LogP contribution in [0.4, 0.5) is 0 Å². The zero-order valence-electron chi connectivity index (χ0n) is 12.4. The number of nitrogens with one attached hydrogen (secondary N) is 1. The Bertz CT molecular complexity index is 638. The van der Waals surface area contributed by atoms with Crippen molar-refractivity contribution in [3.05, 3.63) is 45.7 Å². The summed E-state index contributed by atoms with van der Waals surface area (Å²) in [5.41, 5.74) is 3.76. The third-order valence-corrected chi connectivity index (χ3v) is 4.37. The van der Waals surface area contributed by atoms with Gasteiger partial charge in [-0.2, -0.15) is 5.10 Å². The number of nitrogens with zero attached hydrogens (tertiary/aromatic N) is 2. The summed E-state index contributed by atoms with van der Waals surface area (Å²) < 4.78 is 8.90. The number of ether oxygens (including phenoxy) is 1. The normalized spacial score (nSPS) is 14.8. The second-order valence-electron chi connectivity index (χ2n) is 5.35. The standard InChI is InChI=1S/C16H20BrN3O/c1-3-18-14(15-4-6-19-20(15)2)10-12-9-13(17)8-11-5-7-21-16(11)12/h4,6,8-9,14,18H,3,5,7,10H2,1-2H3. The van der Waals surface area contributed by atoms with Crippen molar-refractivity contribution in [1.82, 2.24) is 15.1 Å². The summed E-state index contributed by atoms with van der Waals surface area (Å²) in [5.74, 6) is 1.07. The Balaban J connectivity index is 1.92. The number of hydrogen-bond acceptors (Lipinski definition) is 3. The fourth-order valence-corrected chi connectivity index (χ4v) is 3.52. The topological polar surface area (TPSA) is 39.1 Å². The molecule has 0 radical (unpaired) electrons. The van der Waals surface area contributed by atoms with Crippen molar-refractivity contribution in [2.24, 2.45) is 7.05 Å². The lowest BCUT2D eigenvalue weighted by Crippen LogP contribution is -2.25. The molecule has 1 unspecified atom stereocenters. The predicted molar refractivity (Wildman–Crippen MR) is 86.7 cm³/mol. The van der Waals surface area contributed by atoms with Gasteiger partial charge in [-0.25, -0.2) is 0 Å². The van der Waals surface area contributed by atoms with Gasteiger partial charge in [-0.3, -0.25) is 4.68 Å². The van der Waals surface area contributed by atoms with Crippen LogP contribution in [0.2, 0.25) is 0 Å². The van der Waals surface area contributed by atoms with Crippen LogP contribution in [0.25, 0.3) is 0 Å². The Kier molecular flexibility index (Phi) is 4.31. The molecule has 0 spiro atoms. The molecule has 4 nitrogen and oxygen atoms in total. The SMILES string of the molecule is CCNC(Cc1cc(Br)cc2c1OCC2)c1ccnn1C. The van der Waals surface area contributed by atoms with Crippen molar-refractivity contribution in [2.45, 2.75) is 25.8 Å². The van der Waals surface area contributed by atoms with E-state index >= 15 is 0 Å². The molecule has 0 saturated carbocycles. The molecule has 112 valence electrons. The van der Waals surface area contributed by atoms with Crippen molar-refractivity contribution >= 4 is 15.9 Å². The number of halogens is 1. The van der Waals surface area contributed by atoms with Gasteiger partial charge < -0.3 is 10.1 Å². The fraction of sp³-hybridized carbons (Fsp3) is 0.438. The van der Waals surface area contributed by atoms with Gasteiger partial charge in [0.2, 0.25) is 0 Å². The lowest BCUT2D eigenvalue weighted by molar-refractivity contribution is 0.351. The quantitative estimate of drug-likeness (QED) is 0.901. The second-order valence-corrected chi connectivity index (χ2v) is 6.26. The van der Waals surface area contributed by atoms with E-state index in [0.717, 1.165) is 36.2 Å². The smallest absolute Gasteiger partial charge is 0.125 e. The maximum Gasteiger partial charge on any atom is 0.125 e. The van der Waals surface area contributed by atoms with Crippen molar-refractivity contribution in [1.29, 1.82) is 0 Å². The summed E-state index contributed by atoms with van der Waals surface area (Å²) in [6.45, 7) is 3.84. The van der Waals surface area contributed by atoms with E-state index in [0.29, 0.717) is 0 Å². The summed E-state index contributed by atoms with van der Waals surface area (Å²) >= 11 is 3.61. The Hall–Kier alpha value is -1.33. The van der Waals surface area contributed by atoms with Crippen molar-refractivity contribution in [3.8, 4) is 5.75 Å². The first kappa shape index (κ1) is 14.6. The maximum absolute atomic E-state index is 5.84. The van der Waals surface area contributed by atoms with Gasteiger partial charge in [0.15, 0.2) is 0 Å². The largest absolute Gasteiger partial charge is 0.493 e. The Labute approximate surface area is 133 Å². The van der Waals surface area contributed by atoms with E-state index in [-0.39, 0.29) is 6.04 Å². The minimum atomic E-state index is 0.241. The highest BCUT2D eigenvalue weighted by atomic mass is 79.9. The first-order chi connectivity index (χ1) is 10.2. The van der Waals surface area contributed by atoms with Crippen LogP contribution in [-0.4, -0.2) is 22.9 Å². The molecule has 21 heavy (non-hydrogen) atoms. The first-order valence-corrected chi connectivity index (χ1v) is 8.13.